The van der Waals surface area contributed by atoms with Crippen molar-refractivity contribution in [2.45, 2.75) is 19.3 Å². The third kappa shape index (κ3) is 4.88. The molecule has 17 heavy (non-hydrogen) atoms. The number of hydrogen-bond donors (Lipinski definition) is 0. The molecule has 0 atom stereocenters. The number of alkyl halides is 1. The van der Waals surface area contributed by atoms with Crippen LogP contribution in [0.2, 0.25) is 0 Å². The largest absolute Gasteiger partial charge is 0.426 e. The number of carbonyl (C=O) groups excluding carboxylic acids is 2. The van der Waals surface area contributed by atoms with Gasteiger partial charge in [-0.3, -0.25) is 9.59 Å². The summed E-state index contributed by atoms with van der Waals surface area (Å²) in [5.41, 5.74) is 0.352. The van der Waals surface area contributed by atoms with Gasteiger partial charge in [0.15, 0.2) is 6.29 Å². The normalized spacial score (nSPS) is 10.0. The van der Waals surface area contributed by atoms with Crippen molar-refractivity contribution in [3.8, 4) is 5.75 Å². The Labute approximate surface area is 113 Å². The molecule has 5 heteroatoms. The maximum Gasteiger partial charge on any atom is 0.311 e. The zero-order chi connectivity index (χ0) is 12.7. The maximum atomic E-state index is 11.4. The lowest BCUT2D eigenvalue weighted by molar-refractivity contribution is -0.134. The molecule has 0 N–H and O–H groups in total. The summed E-state index contributed by atoms with van der Waals surface area (Å²) in [5.74, 6) is 0.477. The first-order chi connectivity index (χ1) is 8.17. The number of esters is 1. The number of halogens is 2. The number of unbranched alkanes of at least 4 members (excludes halogenated alkanes) is 1. The molecule has 0 saturated carbocycles. The second-order valence-electron chi connectivity index (χ2n) is 3.42. The number of aldehydes is 1. The molecule has 0 aliphatic carbocycles. The Morgan fingerprint density at radius 1 is 1.41 bits per heavy atom. The average molecular weight is 320 g/mol. The first kappa shape index (κ1) is 14.2. The molecule has 0 heterocycles. The average Bonchev–Trinajstić information content (AvgIpc) is 2.32. The van der Waals surface area contributed by atoms with Gasteiger partial charge in [0.1, 0.15) is 5.75 Å². The van der Waals surface area contributed by atoms with E-state index in [1.807, 2.05) is 0 Å². The van der Waals surface area contributed by atoms with Crippen LogP contribution in [0.3, 0.4) is 0 Å². The molecule has 92 valence electrons. The number of rotatable bonds is 6. The molecule has 0 unspecified atom stereocenters. The van der Waals surface area contributed by atoms with Crippen LogP contribution in [-0.2, 0) is 4.79 Å². The predicted molar refractivity (Wildman–Crippen MR) is 69.7 cm³/mol. The second-order valence-corrected chi connectivity index (χ2v) is 4.71. The molecular formula is C12H12BrClO3. The van der Waals surface area contributed by atoms with Gasteiger partial charge in [-0.2, -0.15) is 0 Å². The molecule has 0 radical (unpaired) electrons. The van der Waals surface area contributed by atoms with E-state index in [2.05, 4.69) is 15.9 Å². The van der Waals surface area contributed by atoms with E-state index in [1.165, 1.54) is 0 Å². The molecule has 0 aliphatic heterocycles. The van der Waals surface area contributed by atoms with Crippen molar-refractivity contribution in [2.75, 3.05) is 5.88 Å². The van der Waals surface area contributed by atoms with Crippen LogP contribution in [-0.4, -0.2) is 18.1 Å². The van der Waals surface area contributed by atoms with Crippen LogP contribution < -0.4 is 4.74 Å². The highest BCUT2D eigenvalue weighted by Gasteiger charge is 2.09. The second kappa shape index (κ2) is 7.45. The summed E-state index contributed by atoms with van der Waals surface area (Å²) in [6.45, 7) is 0. The standard InChI is InChI=1S/C12H12BrClO3/c13-10-4-5-11(9(7-10)8-15)17-12(16)3-1-2-6-14/h4-5,7-8H,1-3,6H2. The lowest BCUT2D eigenvalue weighted by Crippen LogP contribution is -2.09. The van der Waals surface area contributed by atoms with Gasteiger partial charge in [0, 0.05) is 16.8 Å². The molecule has 0 spiro atoms. The van der Waals surface area contributed by atoms with Gasteiger partial charge in [-0.25, -0.2) is 0 Å². The number of carbonyl (C=O) groups is 2. The van der Waals surface area contributed by atoms with Crippen LogP contribution in [0.4, 0.5) is 0 Å². The van der Waals surface area contributed by atoms with Gasteiger partial charge in [-0.05, 0) is 31.0 Å². The molecule has 0 fully saturated rings. The van der Waals surface area contributed by atoms with Crippen LogP contribution in [0.15, 0.2) is 22.7 Å². The number of benzene rings is 1. The maximum absolute atomic E-state index is 11.4. The Morgan fingerprint density at radius 2 is 2.18 bits per heavy atom. The highest BCUT2D eigenvalue weighted by atomic mass is 79.9. The third-order valence-electron chi connectivity index (χ3n) is 2.09. The minimum absolute atomic E-state index is 0.291. The molecule has 1 aromatic rings. The minimum Gasteiger partial charge on any atom is -0.426 e. The van der Waals surface area contributed by atoms with E-state index in [0.717, 1.165) is 10.9 Å². The fraction of sp³-hybridized carbons (Fsp3) is 0.333. The lowest BCUT2D eigenvalue weighted by atomic mass is 10.2. The van der Waals surface area contributed by atoms with E-state index in [4.69, 9.17) is 16.3 Å². The Balaban J connectivity index is 2.61. The van der Waals surface area contributed by atoms with E-state index in [-0.39, 0.29) is 5.97 Å². The first-order valence-electron chi connectivity index (χ1n) is 5.18. The highest BCUT2D eigenvalue weighted by molar-refractivity contribution is 9.10. The van der Waals surface area contributed by atoms with Crippen molar-refractivity contribution < 1.29 is 14.3 Å². The number of ether oxygens (including phenoxy) is 1. The van der Waals surface area contributed by atoms with E-state index >= 15 is 0 Å². The Bertz CT molecular complexity index is 407. The molecule has 1 rings (SSSR count). The lowest BCUT2D eigenvalue weighted by Gasteiger charge is -2.06. The minimum atomic E-state index is -0.347. The van der Waals surface area contributed by atoms with Gasteiger partial charge in [0.25, 0.3) is 0 Å². The molecule has 0 amide bonds. The predicted octanol–water partition coefficient (Wildman–Crippen LogP) is 3.58. The summed E-state index contributed by atoms with van der Waals surface area (Å²) in [6.07, 6.45) is 2.43. The van der Waals surface area contributed by atoms with Crippen LogP contribution in [0.25, 0.3) is 0 Å². The van der Waals surface area contributed by atoms with Crippen LogP contribution in [0.1, 0.15) is 29.6 Å². The SMILES string of the molecule is O=Cc1cc(Br)ccc1OC(=O)CCCCCl. The van der Waals surface area contributed by atoms with Crippen molar-refractivity contribution in [2.24, 2.45) is 0 Å². The van der Waals surface area contributed by atoms with Gasteiger partial charge >= 0.3 is 5.97 Å². The van der Waals surface area contributed by atoms with Crippen molar-refractivity contribution in [1.29, 1.82) is 0 Å². The van der Waals surface area contributed by atoms with Crippen LogP contribution in [0.5, 0.6) is 5.75 Å². The molecule has 1 aromatic carbocycles. The van der Waals surface area contributed by atoms with E-state index in [0.29, 0.717) is 36.3 Å². The quantitative estimate of drug-likeness (QED) is 0.265. The summed E-state index contributed by atoms with van der Waals surface area (Å²) in [4.78, 5) is 22.2. The van der Waals surface area contributed by atoms with Gasteiger partial charge in [0.05, 0.1) is 5.56 Å². The summed E-state index contributed by atoms with van der Waals surface area (Å²) in [6, 6.07) is 4.91. The topological polar surface area (TPSA) is 43.4 Å². The van der Waals surface area contributed by atoms with Crippen molar-refractivity contribution in [3.05, 3.63) is 28.2 Å². The van der Waals surface area contributed by atoms with Crippen LogP contribution in [0, 0.1) is 0 Å². The fourth-order valence-corrected chi connectivity index (χ4v) is 1.81. The van der Waals surface area contributed by atoms with E-state index in [9.17, 15) is 9.59 Å². The van der Waals surface area contributed by atoms with Gasteiger partial charge in [-0.1, -0.05) is 15.9 Å². The molecule has 0 aliphatic rings. The Morgan fingerprint density at radius 3 is 2.82 bits per heavy atom. The summed E-state index contributed by atoms with van der Waals surface area (Å²) < 4.78 is 5.87. The molecule has 0 bridgehead atoms. The molecule has 0 aromatic heterocycles. The van der Waals surface area contributed by atoms with Gasteiger partial charge in [-0.15, -0.1) is 11.6 Å². The van der Waals surface area contributed by atoms with E-state index < -0.39 is 0 Å². The summed E-state index contributed by atoms with van der Waals surface area (Å²) in [5, 5.41) is 0. The highest BCUT2D eigenvalue weighted by Crippen LogP contribution is 2.22. The summed E-state index contributed by atoms with van der Waals surface area (Å²) >= 11 is 8.75. The molecular weight excluding hydrogens is 307 g/mol. The third-order valence-corrected chi connectivity index (χ3v) is 2.85. The van der Waals surface area contributed by atoms with Crippen molar-refractivity contribution in [1.82, 2.24) is 0 Å². The smallest absolute Gasteiger partial charge is 0.311 e. The number of hydrogen-bond acceptors (Lipinski definition) is 3. The monoisotopic (exact) mass is 318 g/mol. The first-order valence-corrected chi connectivity index (χ1v) is 6.51. The Hall–Kier alpha value is -0.870. The Kier molecular flexibility index (Phi) is 6.22. The van der Waals surface area contributed by atoms with Gasteiger partial charge in [0.2, 0.25) is 0 Å². The zero-order valence-corrected chi connectivity index (χ0v) is 11.5. The van der Waals surface area contributed by atoms with E-state index in [1.54, 1.807) is 18.2 Å². The van der Waals surface area contributed by atoms with Gasteiger partial charge < -0.3 is 4.74 Å². The summed E-state index contributed by atoms with van der Waals surface area (Å²) in [7, 11) is 0. The molecule has 0 saturated heterocycles. The van der Waals surface area contributed by atoms with Crippen LogP contribution >= 0.6 is 27.5 Å². The fourth-order valence-electron chi connectivity index (χ4n) is 1.24. The van der Waals surface area contributed by atoms with Crippen molar-refractivity contribution in [3.63, 3.8) is 0 Å². The zero-order valence-electron chi connectivity index (χ0n) is 9.12. The van der Waals surface area contributed by atoms with Crippen molar-refractivity contribution >= 4 is 39.8 Å². The molecule has 3 nitrogen and oxygen atoms in total.